The van der Waals surface area contributed by atoms with Gasteiger partial charge in [0.25, 0.3) is 0 Å². The van der Waals surface area contributed by atoms with Crippen LogP contribution in [0.4, 0.5) is 0 Å². The van der Waals surface area contributed by atoms with Crippen LogP contribution in [0.25, 0.3) is 21.9 Å². The van der Waals surface area contributed by atoms with Crippen LogP contribution >= 0.6 is 0 Å². The Bertz CT molecular complexity index is 884. The average molecular weight is 308 g/mol. The highest BCUT2D eigenvalue weighted by atomic mass is 16.5. The van der Waals surface area contributed by atoms with Crippen molar-refractivity contribution < 1.29 is 19.7 Å². The maximum Gasteiger partial charge on any atom is 0.336 e. The highest BCUT2D eigenvalue weighted by Gasteiger charge is 2.15. The Morgan fingerprint density at radius 3 is 2.48 bits per heavy atom. The zero-order valence-electron chi connectivity index (χ0n) is 12.6. The summed E-state index contributed by atoms with van der Waals surface area (Å²) in [4.78, 5) is 11.5. The van der Waals surface area contributed by atoms with Gasteiger partial charge in [-0.05, 0) is 46.2 Å². The first-order valence-corrected chi connectivity index (χ1v) is 7.18. The lowest BCUT2D eigenvalue weighted by Crippen LogP contribution is -2.02. The van der Waals surface area contributed by atoms with Crippen LogP contribution in [0.3, 0.4) is 0 Å². The van der Waals surface area contributed by atoms with E-state index in [1.807, 2.05) is 36.4 Å². The Kier molecular flexibility index (Phi) is 4.00. The van der Waals surface area contributed by atoms with Gasteiger partial charge in [0.05, 0.1) is 19.3 Å². The summed E-state index contributed by atoms with van der Waals surface area (Å²) in [5, 5.41) is 21.0. The van der Waals surface area contributed by atoms with E-state index < -0.39 is 5.97 Å². The molecule has 2 N–H and O–H groups in total. The summed E-state index contributed by atoms with van der Waals surface area (Å²) in [6.45, 7) is -0.211. The van der Waals surface area contributed by atoms with Gasteiger partial charge < -0.3 is 14.9 Å². The van der Waals surface area contributed by atoms with E-state index in [1.165, 1.54) is 0 Å². The molecular weight excluding hydrogens is 292 g/mol. The number of ether oxygens (including phenoxy) is 1. The van der Waals surface area contributed by atoms with Crippen molar-refractivity contribution in [3.8, 4) is 16.9 Å². The molecule has 0 bridgehead atoms. The number of carboxylic acid groups (broad SMARTS) is 1. The largest absolute Gasteiger partial charge is 0.497 e. The number of aliphatic hydroxyl groups excluding tert-OH is 1. The molecule has 3 aromatic rings. The van der Waals surface area contributed by atoms with Gasteiger partial charge in [-0.15, -0.1) is 0 Å². The lowest BCUT2D eigenvalue weighted by Gasteiger charge is -2.12. The number of carboxylic acids is 1. The van der Waals surface area contributed by atoms with Crippen LogP contribution in [0.15, 0.2) is 54.6 Å². The van der Waals surface area contributed by atoms with E-state index in [-0.39, 0.29) is 12.2 Å². The number of carbonyl (C=O) groups is 1. The molecule has 3 rings (SSSR count). The van der Waals surface area contributed by atoms with Gasteiger partial charge in [-0.2, -0.15) is 0 Å². The number of fused-ring (bicyclic) bond motifs is 1. The first-order chi connectivity index (χ1) is 11.1. The third-order valence-corrected chi connectivity index (χ3v) is 3.89. The molecule has 0 heterocycles. The molecule has 0 amide bonds. The summed E-state index contributed by atoms with van der Waals surface area (Å²) in [5.41, 5.74) is 2.10. The van der Waals surface area contributed by atoms with E-state index >= 15 is 0 Å². The van der Waals surface area contributed by atoms with Crippen molar-refractivity contribution in [2.45, 2.75) is 6.61 Å². The van der Waals surface area contributed by atoms with Crippen molar-refractivity contribution >= 4 is 16.7 Å². The monoisotopic (exact) mass is 308 g/mol. The second-order valence-corrected chi connectivity index (χ2v) is 5.23. The molecular formula is C19H16O4. The van der Waals surface area contributed by atoms with Gasteiger partial charge in [0.2, 0.25) is 0 Å². The van der Waals surface area contributed by atoms with Gasteiger partial charge >= 0.3 is 5.97 Å². The molecule has 0 aliphatic carbocycles. The Morgan fingerprint density at radius 2 is 1.78 bits per heavy atom. The second kappa shape index (κ2) is 6.10. The van der Waals surface area contributed by atoms with E-state index in [0.29, 0.717) is 11.1 Å². The van der Waals surface area contributed by atoms with Crippen LogP contribution in [0.2, 0.25) is 0 Å². The molecule has 0 atom stereocenters. The zero-order valence-corrected chi connectivity index (χ0v) is 12.6. The predicted molar refractivity (Wildman–Crippen MR) is 88.8 cm³/mol. The van der Waals surface area contributed by atoms with Crippen molar-refractivity contribution in [3.63, 3.8) is 0 Å². The van der Waals surface area contributed by atoms with Crippen molar-refractivity contribution in [3.05, 3.63) is 65.7 Å². The van der Waals surface area contributed by atoms with Crippen molar-refractivity contribution in [2.24, 2.45) is 0 Å². The lowest BCUT2D eigenvalue weighted by molar-refractivity contribution is 0.0697. The van der Waals surface area contributed by atoms with E-state index in [9.17, 15) is 15.0 Å². The van der Waals surface area contributed by atoms with E-state index in [1.54, 1.807) is 25.3 Å². The Hall–Kier alpha value is -2.85. The summed E-state index contributed by atoms with van der Waals surface area (Å²) in [5.74, 6) is -0.239. The molecule has 0 saturated heterocycles. The molecule has 3 aromatic carbocycles. The normalized spacial score (nSPS) is 10.7. The summed E-state index contributed by atoms with van der Waals surface area (Å²) >= 11 is 0. The Balaban J connectivity index is 2.22. The summed E-state index contributed by atoms with van der Waals surface area (Å²) in [7, 11) is 1.62. The first-order valence-electron chi connectivity index (χ1n) is 7.18. The highest BCUT2D eigenvalue weighted by Crippen LogP contribution is 2.31. The minimum atomic E-state index is -1.01. The molecule has 116 valence electrons. The Labute approximate surface area is 133 Å². The molecule has 23 heavy (non-hydrogen) atoms. The summed E-state index contributed by atoms with van der Waals surface area (Å²) in [6.07, 6.45) is 0. The molecule has 0 radical (unpaired) electrons. The van der Waals surface area contributed by atoms with Crippen LogP contribution in [-0.2, 0) is 6.61 Å². The topological polar surface area (TPSA) is 66.8 Å². The fourth-order valence-electron chi connectivity index (χ4n) is 2.76. The number of aliphatic hydroxyl groups is 1. The number of benzene rings is 3. The maximum absolute atomic E-state index is 11.5. The van der Waals surface area contributed by atoms with Gasteiger partial charge in [0.15, 0.2) is 0 Å². The number of hydrogen-bond acceptors (Lipinski definition) is 3. The molecule has 0 saturated carbocycles. The highest BCUT2D eigenvalue weighted by molar-refractivity contribution is 5.99. The third-order valence-electron chi connectivity index (χ3n) is 3.89. The number of rotatable bonds is 4. The first kappa shape index (κ1) is 15.1. The van der Waals surface area contributed by atoms with Crippen molar-refractivity contribution in [1.29, 1.82) is 0 Å². The van der Waals surface area contributed by atoms with Crippen LogP contribution in [-0.4, -0.2) is 23.3 Å². The summed E-state index contributed by atoms with van der Waals surface area (Å²) in [6, 6.07) is 16.4. The SMILES string of the molecule is COc1ccc2cc(-c3c(CO)cccc3C(=O)O)ccc2c1. The smallest absolute Gasteiger partial charge is 0.336 e. The second-order valence-electron chi connectivity index (χ2n) is 5.23. The molecule has 0 fully saturated rings. The average Bonchev–Trinajstić information content (AvgIpc) is 2.59. The minimum Gasteiger partial charge on any atom is -0.497 e. The van der Waals surface area contributed by atoms with E-state index in [2.05, 4.69) is 0 Å². The number of aromatic carboxylic acids is 1. The lowest BCUT2D eigenvalue weighted by atomic mass is 9.93. The quantitative estimate of drug-likeness (QED) is 0.771. The fraction of sp³-hybridized carbons (Fsp3) is 0.105. The van der Waals surface area contributed by atoms with Crippen LogP contribution < -0.4 is 4.74 Å². The third kappa shape index (κ3) is 2.76. The van der Waals surface area contributed by atoms with E-state index in [0.717, 1.165) is 22.1 Å². The zero-order chi connectivity index (χ0) is 16.4. The molecule has 4 nitrogen and oxygen atoms in total. The number of hydrogen-bond donors (Lipinski definition) is 2. The van der Waals surface area contributed by atoms with Gasteiger partial charge in [-0.25, -0.2) is 4.79 Å². The maximum atomic E-state index is 11.5. The molecule has 0 unspecified atom stereocenters. The predicted octanol–water partition coefficient (Wildman–Crippen LogP) is 3.71. The number of methoxy groups -OCH3 is 1. The van der Waals surface area contributed by atoms with Crippen LogP contribution in [0, 0.1) is 0 Å². The fourth-order valence-corrected chi connectivity index (χ4v) is 2.76. The molecule has 0 spiro atoms. The summed E-state index contributed by atoms with van der Waals surface area (Å²) < 4.78 is 5.21. The van der Waals surface area contributed by atoms with Crippen LogP contribution in [0.1, 0.15) is 15.9 Å². The molecule has 4 heteroatoms. The minimum absolute atomic E-state index is 0.185. The van der Waals surface area contributed by atoms with Crippen LogP contribution in [0.5, 0.6) is 5.75 Å². The molecule has 0 aromatic heterocycles. The Morgan fingerprint density at radius 1 is 1.04 bits per heavy atom. The van der Waals surface area contributed by atoms with Gasteiger partial charge in [0, 0.05) is 5.56 Å². The van der Waals surface area contributed by atoms with E-state index in [4.69, 9.17) is 4.74 Å². The molecule has 0 aliphatic heterocycles. The van der Waals surface area contributed by atoms with Crippen molar-refractivity contribution in [2.75, 3.05) is 7.11 Å². The van der Waals surface area contributed by atoms with Gasteiger partial charge in [-0.3, -0.25) is 0 Å². The van der Waals surface area contributed by atoms with Gasteiger partial charge in [-0.1, -0.05) is 30.3 Å². The molecule has 0 aliphatic rings. The standard InChI is InChI=1S/C19H16O4/c1-23-16-8-7-12-9-14(6-5-13(12)10-16)18-15(11-20)3-2-4-17(18)19(21)22/h2-10,20H,11H2,1H3,(H,21,22). The van der Waals surface area contributed by atoms with Gasteiger partial charge in [0.1, 0.15) is 5.75 Å². The van der Waals surface area contributed by atoms with Crippen molar-refractivity contribution in [1.82, 2.24) is 0 Å².